The van der Waals surface area contributed by atoms with Gasteiger partial charge in [0.05, 0.1) is 29.3 Å². The van der Waals surface area contributed by atoms with Crippen LogP contribution in [0.5, 0.6) is 5.75 Å². The topological polar surface area (TPSA) is 86.1 Å². The molecule has 0 atom stereocenters. The van der Waals surface area contributed by atoms with Crippen LogP contribution in [0.4, 0.5) is 4.79 Å². The predicted molar refractivity (Wildman–Crippen MR) is 129 cm³/mol. The number of benzene rings is 2. The first-order valence-electron chi connectivity index (χ1n) is 10.9. The van der Waals surface area contributed by atoms with E-state index >= 15 is 0 Å². The second-order valence-electron chi connectivity index (χ2n) is 8.63. The molecule has 0 aliphatic carbocycles. The first-order chi connectivity index (χ1) is 15.8. The highest BCUT2D eigenvalue weighted by molar-refractivity contribution is 7.15. The SMILES string of the molecule is COc1ccc(-c2nc(C3(C)CCN(C(=O)N(C)O)CC3)sc2-c2ccc(CO)cc2)cc1. The first-order valence-corrected chi connectivity index (χ1v) is 11.7. The number of aliphatic hydroxyl groups excluding tert-OH is 1. The van der Waals surface area contributed by atoms with E-state index in [4.69, 9.17) is 9.72 Å². The fourth-order valence-corrected chi connectivity index (χ4v) is 5.38. The summed E-state index contributed by atoms with van der Waals surface area (Å²) in [5, 5.41) is 20.6. The number of thiazole rings is 1. The van der Waals surface area contributed by atoms with Gasteiger partial charge in [-0.1, -0.05) is 31.2 Å². The molecule has 0 spiro atoms. The van der Waals surface area contributed by atoms with Crippen LogP contribution >= 0.6 is 11.3 Å². The van der Waals surface area contributed by atoms with Crippen LogP contribution in [0.1, 0.15) is 30.3 Å². The van der Waals surface area contributed by atoms with Gasteiger partial charge in [0, 0.05) is 31.1 Å². The molecule has 0 radical (unpaired) electrons. The zero-order valence-corrected chi connectivity index (χ0v) is 19.9. The summed E-state index contributed by atoms with van der Waals surface area (Å²) in [6.45, 7) is 3.35. The largest absolute Gasteiger partial charge is 0.497 e. The number of methoxy groups -OCH3 is 1. The lowest BCUT2D eigenvalue weighted by molar-refractivity contribution is -0.0370. The molecule has 1 aliphatic rings. The number of hydrogen-bond donors (Lipinski definition) is 2. The molecule has 8 heteroatoms. The Morgan fingerprint density at radius 3 is 2.27 bits per heavy atom. The summed E-state index contributed by atoms with van der Waals surface area (Å²) in [6.07, 6.45) is 1.54. The minimum absolute atomic E-state index is 0.00980. The van der Waals surface area contributed by atoms with Crippen molar-refractivity contribution in [2.45, 2.75) is 31.8 Å². The number of amides is 2. The van der Waals surface area contributed by atoms with Gasteiger partial charge in [-0.05, 0) is 48.2 Å². The second-order valence-corrected chi connectivity index (χ2v) is 9.63. The number of rotatable bonds is 5. The highest BCUT2D eigenvalue weighted by Gasteiger charge is 2.37. The highest BCUT2D eigenvalue weighted by Crippen LogP contribution is 2.44. The molecule has 2 N–H and O–H groups in total. The molecule has 3 aromatic rings. The molecule has 0 unspecified atom stereocenters. The summed E-state index contributed by atoms with van der Waals surface area (Å²) in [5.74, 6) is 0.793. The van der Waals surface area contributed by atoms with E-state index in [0.29, 0.717) is 18.2 Å². The maximum Gasteiger partial charge on any atom is 0.343 e. The Morgan fingerprint density at radius 1 is 1.12 bits per heavy atom. The smallest absolute Gasteiger partial charge is 0.343 e. The van der Waals surface area contributed by atoms with Gasteiger partial charge in [0.25, 0.3) is 0 Å². The van der Waals surface area contributed by atoms with Crippen molar-refractivity contribution in [1.29, 1.82) is 0 Å². The van der Waals surface area contributed by atoms with Gasteiger partial charge in [0.1, 0.15) is 5.75 Å². The Bertz CT molecular complexity index is 1040. The zero-order valence-electron chi connectivity index (χ0n) is 19.1. The third kappa shape index (κ3) is 4.73. The maximum absolute atomic E-state index is 12.1. The van der Waals surface area contributed by atoms with Crippen LogP contribution in [0.3, 0.4) is 0 Å². The molecule has 0 saturated carbocycles. The van der Waals surface area contributed by atoms with Crippen molar-refractivity contribution in [1.82, 2.24) is 14.9 Å². The number of aromatic nitrogens is 1. The fourth-order valence-electron chi connectivity index (χ4n) is 4.09. The van der Waals surface area contributed by atoms with Crippen molar-refractivity contribution in [3.8, 4) is 27.4 Å². The van der Waals surface area contributed by atoms with Crippen LogP contribution in [-0.2, 0) is 12.0 Å². The van der Waals surface area contributed by atoms with Gasteiger partial charge in [-0.15, -0.1) is 11.3 Å². The standard InChI is InChI=1S/C25H29N3O4S/c1-25(12-14-28(15-13-25)24(30)27(2)31)23-26-21(18-8-10-20(32-3)11-9-18)22(33-23)19-6-4-17(16-29)5-7-19/h4-11,29,31H,12-16H2,1-3H3. The molecule has 1 saturated heterocycles. The minimum atomic E-state index is -0.375. The molecular weight excluding hydrogens is 438 g/mol. The van der Waals surface area contributed by atoms with Crippen LogP contribution in [-0.4, -0.2) is 58.5 Å². The highest BCUT2D eigenvalue weighted by atomic mass is 32.1. The first kappa shape index (κ1) is 23.2. The summed E-state index contributed by atoms with van der Waals surface area (Å²) < 4.78 is 5.31. The monoisotopic (exact) mass is 467 g/mol. The Morgan fingerprint density at radius 2 is 1.73 bits per heavy atom. The third-order valence-electron chi connectivity index (χ3n) is 6.32. The molecule has 1 fully saturated rings. The Hall–Kier alpha value is -2.94. The summed E-state index contributed by atoms with van der Waals surface area (Å²) >= 11 is 1.68. The van der Waals surface area contributed by atoms with E-state index in [2.05, 4.69) is 6.92 Å². The van der Waals surface area contributed by atoms with E-state index in [-0.39, 0.29) is 18.1 Å². The number of carbonyl (C=O) groups is 1. The molecule has 2 amide bonds. The molecule has 4 rings (SSSR count). The van der Waals surface area contributed by atoms with Crippen LogP contribution < -0.4 is 4.74 Å². The number of urea groups is 1. The number of ether oxygens (including phenoxy) is 1. The fraction of sp³-hybridized carbons (Fsp3) is 0.360. The molecule has 2 heterocycles. The van der Waals surface area contributed by atoms with Crippen molar-refractivity contribution in [3.05, 3.63) is 59.1 Å². The van der Waals surface area contributed by atoms with E-state index in [1.54, 1.807) is 23.3 Å². The number of nitrogens with zero attached hydrogens (tertiary/aromatic N) is 3. The Labute approximate surface area is 197 Å². The third-order valence-corrected chi connectivity index (χ3v) is 7.73. The molecule has 2 aromatic carbocycles. The maximum atomic E-state index is 12.1. The molecule has 174 valence electrons. The Kier molecular flexibility index (Phi) is 6.69. The van der Waals surface area contributed by atoms with Gasteiger partial charge >= 0.3 is 6.03 Å². The van der Waals surface area contributed by atoms with Crippen molar-refractivity contribution in [3.63, 3.8) is 0 Å². The van der Waals surface area contributed by atoms with Crippen molar-refractivity contribution < 1.29 is 19.8 Å². The van der Waals surface area contributed by atoms with Gasteiger partial charge in [-0.3, -0.25) is 5.21 Å². The molecular formula is C25H29N3O4S. The number of hydrogen-bond acceptors (Lipinski definition) is 6. The van der Waals surface area contributed by atoms with Crippen LogP contribution in [0.25, 0.3) is 21.7 Å². The van der Waals surface area contributed by atoms with E-state index in [0.717, 1.165) is 50.9 Å². The lowest BCUT2D eigenvalue weighted by Gasteiger charge is -2.38. The summed E-state index contributed by atoms with van der Waals surface area (Å²) in [6, 6.07) is 15.4. The van der Waals surface area contributed by atoms with Crippen LogP contribution in [0.15, 0.2) is 48.5 Å². The van der Waals surface area contributed by atoms with Gasteiger partial charge in [-0.25, -0.2) is 14.8 Å². The van der Waals surface area contributed by atoms with E-state index in [1.165, 1.54) is 7.05 Å². The summed E-state index contributed by atoms with van der Waals surface area (Å²) in [7, 11) is 3.00. The molecule has 1 aromatic heterocycles. The van der Waals surface area contributed by atoms with Gasteiger partial charge in [0.15, 0.2) is 0 Å². The van der Waals surface area contributed by atoms with Gasteiger partial charge in [0.2, 0.25) is 0 Å². The average molecular weight is 468 g/mol. The number of carbonyl (C=O) groups excluding carboxylic acids is 1. The van der Waals surface area contributed by atoms with E-state index < -0.39 is 0 Å². The quantitative estimate of drug-likeness (QED) is 0.417. The van der Waals surface area contributed by atoms with Crippen LogP contribution in [0, 0.1) is 0 Å². The minimum Gasteiger partial charge on any atom is -0.497 e. The lowest BCUT2D eigenvalue weighted by atomic mass is 9.81. The number of aliphatic hydroxyl groups is 1. The van der Waals surface area contributed by atoms with Crippen LogP contribution in [0.2, 0.25) is 0 Å². The molecule has 7 nitrogen and oxygen atoms in total. The number of piperidine rings is 1. The van der Waals surface area contributed by atoms with Crippen molar-refractivity contribution >= 4 is 17.4 Å². The van der Waals surface area contributed by atoms with Gasteiger partial charge in [-0.2, -0.15) is 0 Å². The lowest BCUT2D eigenvalue weighted by Crippen LogP contribution is -2.47. The average Bonchev–Trinajstić information content (AvgIpc) is 3.30. The van der Waals surface area contributed by atoms with E-state index in [9.17, 15) is 15.1 Å². The number of hydroxylamine groups is 2. The Balaban J connectivity index is 1.70. The zero-order chi connectivity index (χ0) is 23.6. The summed E-state index contributed by atoms with van der Waals surface area (Å²) in [4.78, 5) is 20.0. The molecule has 33 heavy (non-hydrogen) atoms. The normalized spacial score (nSPS) is 15.4. The van der Waals surface area contributed by atoms with Crippen molar-refractivity contribution in [2.75, 3.05) is 27.2 Å². The predicted octanol–water partition coefficient (Wildman–Crippen LogP) is 4.77. The molecule has 1 aliphatic heterocycles. The van der Waals surface area contributed by atoms with E-state index in [1.807, 2.05) is 48.5 Å². The molecule has 0 bridgehead atoms. The van der Waals surface area contributed by atoms with Crippen molar-refractivity contribution in [2.24, 2.45) is 0 Å². The van der Waals surface area contributed by atoms with Gasteiger partial charge < -0.3 is 14.7 Å². The second kappa shape index (κ2) is 9.51. The number of likely N-dealkylation sites (tertiary alicyclic amines) is 1. The summed E-state index contributed by atoms with van der Waals surface area (Å²) in [5.41, 5.74) is 3.69.